The van der Waals surface area contributed by atoms with Crippen LogP contribution in [0.5, 0.6) is 0 Å². The second-order valence-electron chi connectivity index (χ2n) is 7.94. The smallest absolute Gasteiger partial charge is 0.410 e. The molecular weight excluding hydrogens is 344 g/mol. The molecule has 1 aliphatic rings. The number of carbonyl (C=O) groups is 2. The second-order valence-corrected chi connectivity index (χ2v) is 7.94. The van der Waals surface area contributed by atoms with Crippen LogP contribution in [0, 0.1) is 17.2 Å². The van der Waals surface area contributed by atoms with Crippen molar-refractivity contribution in [1.29, 1.82) is 5.26 Å². The van der Waals surface area contributed by atoms with Crippen LogP contribution in [0.25, 0.3) is 0 Å². The normalized spacial score (nSPS) is 17.0. The van der Waals surface area contributed by atoms with Gasteiger partial charge in [-0.05, 0) is 57.7 Å². The van der Waals surface area contributed by atoms with Crippen molar-refractivity contribution in [1.82, 2.24) is 9.80 Å². The molecule has 1 heterocycles. The predicted molar refractivity (Wildman–Crippen MR) is 103 cm³/mol. The van der Waals surface area contributed by atoms with Crippen molar-refractivity contribution in [3.8, 4) is 6.07 Å². The van der Waals surface area contributed by atoms with Crippen LogP contribution in [-0.4, -0.2) is 54.2 Å². The lowest BCUT2D eigenvalue weighted by molar-refractivity contribution is 0.0253. The summed E-state index contributed by atoms with van der Waals surface area (Å²) in [6, 6.07) is 8.72. The van der Waals surface area contributed by atoms with Gasteiger partial charge >= 0.3 is 12.1 Å². The van der Waals surface area contributed by atoms with E-state index >= 15 is 0 Å². The van der Waals surface area contributed by atoms with Crippen LogP contribution in [0.2, 0.25) is 0 Å². The first kappa shape index (κ1) is 20.6. The van der Waals surface area contributed by atoms with Crippen LogP contribution in [0.1, 0.15) is 39.2 Å². The lowest BCUT2D eigenvalue weighted by atomic mass is 9.98. The van der Waals surface area contributed by atoms with Gasteiger partial charge in [-0.1, -0.05) is 6.07 Å². The molecule has 7 nitrogen and oxygen atoms in total. The average molecular weight is 372 g/mol. The molecule has 1 N–H and O–H groups in total. The van der Waals surface area contributed by atoms with Gasteiger partial charge in [0.25, 0.3) is 0 Å². The van der Waals surface area contributed by atoms with E-state index < -0.39 is 5.60 Å². The number of amides is 3. The number of nitrogens with zero attached hydrogens (tertiary/aromatic N) is 3. The minimum absolute atomic E-state index is 0.185. The van der Waals surface area contributed by atoms with E-state index in [9.17, 15) is 9.59 Å². The minimum atomic E-state index is -0.526. The van der Waals surface area contributed by atoms with Gasteiger partial charge in [0, 0.05) is 32.4 Å². The van der Waals surface area contributed by atoms with Crippen LogP contribution < -0.4 is 5.32 Å². The molecule has 1 fully saturated rings. The van der Waals surface area contributed by atoms with Crippen molar-refractivity contribution >= 4 is 17.8 Å². The molecule has 0 radical (unpaired) electrons. The summed E-state index contributed by atoms with van der Waals surface area (Å²) in [7, 11) is 1.72. The molecule has 1 atom stereocenters. The minimum Gasteiger partial charge on any atom is -0.444 e. The Morgan fingerprint density at radius 3 is 2.81 bits per heavy atom. The molecule has 1 unspecified atom stereocenters. The number of carbonyl (C=O) groups excluding carboxylic acids is 2. The van der Waals surface area contributed by atoms with Gasteiger partial charge in [0.2, 0.25) is 0 Å². The zero-order valence-electron chi connectivity index (χ0n) is 16.5. The van der Waals surface area contributed by atoms with E-state index in [0.29, 0.717) is 30.9 Å². The lowest BCUT2D eigenvalue weighted by Gasteiger charge is -2.35. The Hall–Kier alpha value is -2.75. The van der Waals surface area contributed by atoms with Gasteiger partial charge in [-0.15, -0.1) is 0 Å². The molecule has 27 heavy (non-hydrogen) atoms. The summed E-state index contributed by atoms with van der Waals surface area (Å²) in [5, 5.41) is 11.8. The van der Waals surface area contributed by atoms with E-state index in [0.717, 1.165) is 12.8 Å². The Labute approximate surface area is 160 Å². The molecule has 0 saturated carbocycles. The third kappa shape index (κ3) is 6.48. The molecular formula is C20H28N4O3. The predicted octanol–water partition coefficient (Wildman–Crippen LogP) is 3.67. The van der Waals surface area contributed by atoms with Gasteiger partial charge in [-0.2, -0.15) is 5.26 Å². The summed E-state index contributed by atoms with van der Waals surface area (Å²) in [5.74, 6) is 0.201. The summed E-state index contributed by atoms with van der Waals surface area (Å²) in [6.45, 7) is 7.32. The number of rotatable bonds is 3. The number of ether oxygens (including phenoxy) is 1. The van der Waals surface area contributed by atoms with Crippen LogP contribution >= 0.6 is 0 Å². The maximum absolute atomic E-state index is 12.5. The molecule has 146 valence electrons. The van der Waals surface area contributed by atoms with E-state index in [-0.39, 0.29) is 18.0 Å². The molecule has 1 saturated heterocycles. The monoisotopic (exact) mass is 372 g/mol. The van der Waals surface area contributed by atoms with Crippen LogP contribution in [0.15, 0.2) is 24.3 Å². The van der Waals surface area contributed by atoms with E-state index in [1.807, 2.05) is 20.8 Å². The average Bonchev–Trinajstić information content (AvgIpc) is 2.60. The number of likely N-dealkylation sites (tertiary alicyclic amines) is 1. The lowest BCUT2D eigenvalue weighted by Crippen LogP contribution is -2.46. The maximum atomic E-state index is 12.5. The fourth-order valence-corrected chi connectivity index (χ4v) is 3.07. The quantitative estimate of drug-likeness (QED) is 0.877. The highest BCUT2D eigenvalue weighted by molar-refractivity contribution is 5.89. The first-order chi connectivity index (χ1) is 12.7. The number of anilines is 1. The van der Waals surface area contributed by atoms with Gasteiger partial charge in [0.1, 0.15) is 5.60 Å². The standard InChI is InChI=1S/C20H28N4O3/c1-20(2,3)27-19(26)23(4)13-16-8-6-10-24(14-16)18(25)22-17-9-5-7-15(11-17)12-21/h5,7,9,11,16H,6,8,10,13-14H2,1-4H3,(H,22,25). The molecule has 0 aromatic heterocycles. The Bertz CT molecular complexity index is 721. The third-order valence-electron chi connectivity index (χ3n) is 4.29. The molecule has 3 amide bonds. The Balaban J connectivity index is 1.90. The molecule has 0 spiro atoms. The number of nitrogens with one attached hydrogen (secondary N) is 1. The number of hydrogen-bond acceptors (Lipinski definition) is 4. The van der Waals surface area contributed by atoms with Gasteiger partial charge < -0.3 is 19.9 Å². The summed E-state index contributed by atoms with van der Waals surface area (Å²) in [5.41, 5.74) is 0.581. The van der Waals surface area contributed by atoms with Gasteiger partial charge in [-0.25, -0.2) is 9.59 Å². The highest BCUT2D eigenvalue weighted by Crippen LogP contribution is 2.20. The van der Waals surface area contributed by atoms with Crippen LogP contribution in [0.4, 0.5) is 15.3 Å². The highest BCUT2D eigenvalue weighted by Gasteiger charge is 2.27. The molecule has 1 aromatic carbocycles. The fraction of sp³-hybridized carbons (Fsp3) is 0.550. The number of hydrogen-bond donors (Lipinski definition) is 1. The zero-order chi connectivity index (χ0) is 20.0. The molecule has 0 bridgehead atoms. The SMILES string of the molecule is CN(CC1CCCN(C(=O)Nc2cccc(C#N)c2)C1)C(=O)OC(C)(C)C. The Morgan fingerprint density at radius 2 is 2.15 bits per heavy atom. The van der Waals surface area contributed by atoms with E-state index in [4.69, 9.17) is 10.00 Å². The highest BCUT2D eigenvalue weighted by atomic mass is 16.6. The van der Waals surface area contributed by atoms with Crippen LogP contribution in [0.3, 0.4) is 0 Å². The van der Waals surface area contributed by atoms with E-state index in [1.54, 1.807) is 41.1 Å². The van der Waals surface area contributed by atoms with Gasteiger partial charge in [-0.3, -0.25) is 0 Å². The molecule has 0 aliphatic carbocycles. The Morgan fingerprint density at radius 1 is 1.41 bits per heavy atom. The Kier molecular flexibility index (Phi) is 6.67. The summed E-state index contributed by atoms with van der Waals surface area (Å²) in [4.78, 5) is 28.0. The van der Waals surface area contributed by atoms with Crippen LogP contribution in [-0.2, 0) is 4.74 Å². The zero-order valence-corrected chi connectivity index (χ0v) is 16.5. The molecule has 2 rings (SSSR count). The van der Waals surface area contributed by atoms with Crippen molar-refractivity contribution in [2.75, 3.05) is 32.0 Å². The summed E-state index contributed by atoms with van der Waals surface area (Å²) >= 11 is 0. The van der Waals surface area contributed by atoms with Gasteiger partial charge in [0.05, 0.1) is 11.6 Å². The van der Waals surface area contributed by atoms with Gasteiger partial charge in [0.15, 0.2) is 0 Å². The molecule has 1 aliphatic heterocycles. The third-order valence-corrected chi connectivity index (χ3v) is 4.29. The topological polar surface area (TPSA) is 85.7 Å². The van der Waals surface area contributed by atoms with Crippen molar-refractivity contribution in [3.05, 3.63) is 29.8 Å². The first-order valence-corrected chi connectivity index (χ1v) is 9.18. The van der Waals surface area contributed by atoms with Crippen molar-refractivity contribution < 1.29 is 14.3 Å². The number of nitriles is 1. The van der Waals surface area contributed by atoms with Crippen molar-refractivity contribution in [3.63, 3.8) is 0 Å². The molecule has 7 heteroatoms. The van der Waals surface area contributed by atoms with E-state index in [2.05, 4.69) is 11.4 Å². The van der Waals surface area contributed by atoms with E-state index in [1.165, 1.54) is 0 Å². The maximum Gasteiger partial charge on any atom is 0.410 e. The second kappa shape index (κ2) is 8.76. The number of urea groups is 1. The summed E-state index contributed by atoms with van der Waals surface area (Å²) in [6.07, 6.45) is 1.50. The molecule has 1 aromatic rings. The van der Waals surface area contributed by atoms with Crippen molar-refractivity contribution in [2.45, 2.75) is 39.2 Å². The number of piperidine rings is 1. The first-order valence-electron chi connectivity index (χ1n) is 9.18. The number of benzene rings is 1. The largest absolute Gasteiger partial charge is 0.444 e. The summed E-state index contributed by atoms with van der Waals surface area (Å²) < 4.78 is 5.38. The van der Waals surface area contributed by atoms with Crippen molar-refractivity contribution in [2.24, 2.45) is 5.92 Å². The fourth-order valence-electron chi connectivity index (χ4n) is 3.07.